The molecule has 0 saturated heterocycles. The van der Waals surface area contributed by atoms with E-state index in [1.807, 2.05) is 30.6 Å². The summed E-state index contributed by atoms with van der Waals surface area (Å²) in [5.74, 6) is 1.27. The summed E-state index contributed by atoms with van der Waals surface area (Å²) in [5.41, 5.74) is 2.14. The molecule has 0 spiro atoms. The third-order valence-electron chi connectivity index (χ3n) is 5.08. The summed E-state index contributed by atoms with van der Waals surface area (Å²) in [6, 6.07) is 5.99. The van der Waals surface area contributed by atoms with Crippen molar-refractivity contribution in [3.05, 3.63) is 54.1 Å². The third kappa shape index (κ3) is 4.07. The van der Waals surface area contributed by atoms with Crippen LogP contribution in [0.25, 0.3) is 5.65 Å². The maximum absolute atomic E-state index is 12.8. The number of pyridine rings is 1. The van der Waals surface area contributed by atoms with E-state index < -0.39 is 0 Å². The maximum Gasteiger partial charge on any atom is 0.256 e. The summed E-state index contributed by atoms with van der Waals surface area (Å²) >= 11 is 0. The second-order valence-corrected chi connectivity index (χ2v) is 7.30. The van der Waals surface area contributed by atoms with Gasteiger partial charge in [-0.3, -0.25) is 9.78 Å². The second kappa shape index (κ2) is 7.73. The monoisotopic (exact) mass is 364 g/mol. The van der Waals surface area contributed by atoms with Gasteiger partial charge in [0.1, 0.15) is 11.4 Å². The van der Waals surface area contributed by atoms with Crippen LogP contribution in [0.3, 0.4) is 0 Å². The minimum Gasteiger partial charge on any atom is -0.366 e. The molecule has 140 valence electrons. The molecule has 7 heteroatoms. The smallest absolute Gasteiger partial charge is 0.256 e. The van der Waals surface area contributed by atoms with Gasteiger partial charge in [0.05, 0.1) is 6.20 Å². The van der Waals surface area contributed by atoms with E-state index in [9.17, 15) is 4.79 Å². The Morgan fingerprint density at radius 2 is 2.22 bits per heavy atom. The molecule has 0 bridgehead atoms. The van der Waals surface area contributed by atoms with Gasteiger partial charge in [0.15, 0.2) is 5.65 Å². The van der Waals surface area contributed by atoms with E-state index in [0.29, 0.717) is 29.5 Å². The van der Waals surface area contributed by atoms with E-state index in [1.165, 1.54) is 12.8 Å². The normalized spacial score (nSPS) is 19.7. The van der Waals surface area contributed by atoms with E-state index in [0.717, 1.165) is 18.4 Å². The molecule has 2 N–H and O–H groups in total. The predicted molar refractivity (Wildman–Crippen MR) is 103 cm³/mol. The molecule has 1 saturated carbocycles. The molecule has 1 aliphatic carbocycles. The Morgan fingerprint density at radius 1 is 1.30 bits per heavy atom. The Labute approximate surface area is 158 Å². The van der Waals surface area contributed by atoms with Crippen LogP contribution in [0.1, 0.15) is 48.5 Å². The summed E-state index contributed by atoms with van der Waals surface area (Å²) in [7, 11) is 0. The van der Waals surface area contributed by atoms with Crippen LogP contribution in [-0.2, 0) is 6.54 Å². The Hall–Kier alpha value is -2.96. The Kier molecular flexibility index (Phi) is 5.00. The van der Waals surface area contributed by atoms with Crippen molar-refractivity contribution in [1.29, 1.82) is 0 Å². The summed E-state index contributed by atoms with van der Waals surface area (Å²) in [5, 5.41) is 10.7. The van der Waals surface area contributed by atoms with E-state index >= 15 is 0 Å². The van der Waals surface area contributed by atoms with Gasteiger partial charge in [-0.05, 0) is 36.5 Å². The Balaban J connectivity index is 1.48. The number of carbonyl (C=O) groups is 1. The molecule has 2 atom stereocenters. The van der Waals surface area contributed by atoms with Crippen molar-refractivity contribution in [2.45, 2.75) is 45.2 Å². The van der Waals surface area contributed by atoms with Gasteiger partial charge in [0.2, 0.25) is 0 Å². The molecule has 1 amide bonds. The lowest BCUT2D eigenvalue weighted by molar-refractivity contribution is 0.0923. The molecular formula is C20H24N6O. The molecule has 0 aliphatic heterocycles. The standard InChI is InChI=1S/C20H24N6O/c1-14-4-2-6-16(10-14)24-20(27)17-13-23-26-9-7-18(25-19(17)26)22-12-15-5-3-8-21-11-15/h3,5,7-9,11,13-14,16H,2,4,6,10,12H2,1H3,(H,22,25)(H,24,27)/t14?,16-/m0/s1. The van der Waals surface area contributed by atoms with Crippen molar-refractivity contribution in [3.8, 4) is 0 Å². The molecule has 1 aliphatic rings. The summed E-state index contributed by atoms with van der Waals surface area (Å²) in [6.07, 6.45) is 11.5. The van der Waals surface area contributed by atoms with Crippen LogP contribution in [0.2, 0.25) is 0 Å². The predicted octanol–water partition coefficient (Wildman–Crippen LogP) is 3.04. The number of hydrogen-bond donors (Lipinski definition) is 2. The lowest BCUT2D eigenvalue weighted by Gasteiger charge is -2.27. The van der Waals surface area contributed by atoms with Gasteiger partial charge in [-0.15, -0.1) is 0 Å². The number of aromatic nitrogens is 4. The molecule has 0 radical (unpaired) electrons. The second-order valence-electron chi connectivity index (χ2n) is 7.30. The molecule has 3 heterocycles. The Bertz CT molecular complexity index is 923. The number of nitrogens with zero attached hydrogens (tertiary/aromatic N) is 4. The summed E-state index contributed by atoms with van der Waals surface area (Å²) in [6.45, 7) is 2.86. The Morgan fingerprint density at radius 3 is 3.04 bits per heavy atom. The van der Waals surface area contributed by atoms with Gasteiger partial charge in [-0.25, -0.2) is 9.50 Å². The van der Waals surface area contributed by atoms with E-state index in [2.05, 4.69) is 32.6 Å². The fraction of sp³-hybridized carbons (Fsp3) is 0.400. The average molecular weight is 364 g/mol. The van der Waals surface area contributed by atoms with E-state index in [1.54, 1.807) is 16.9 Å². The highest BCUT2D eigenvalue weighted by Crippen LogP contribution is 2.24. The van der Waals surface area contributed by atoms with Crippen molar-refractivity contribution in [2.24, 2.45) is 5.92 Å². The topological polar surface area (TPSA) is 84.2 Å². The van der Waals surface area contributed by atoms with Gasteiger partial charge in [0.25, 0.3) is 5.91 Å². The van der Waals surface area contributed by atoms with Gasteiger partial charge in [-0.1, -0.05) is 25.8 Å². The fourth-order valence-corrected chi connectivity index (χ4v) is 3.65. The number of nitrogens with one attached hydrogen (secondary N) is 2. The van der Waals surface area contributed by atoms with Gasteiger partial charge >= 0.3 is 0 Å². The average Bonchev–Trinajstić information content (AvgIpc) is 3.10. The van der Waals surface area contributed by atoms with Crippen LogP contribution in [0.15, 0.2) is 43.0 Å². The SMILES string of the molecule is CC1CCC[C@H](NC(=O)c2cnn3ccc(NCc4cccnc4)nc23)C1. The van der Waals surface area contributed by atoms with Crippen LogP contribution in [-0.4, -0.2) is 31.5 Å². The van der Waals surface area contributed by atoms with Crippen molar-refractivity contribution in [3.63, 3.8) is 0 Å². The molecular weight excluding hydrogens is 340 g/mol. The molecule has 0 aromatic carbocycles. The molecule has 3 aromatic heterocycles. The quantitative estimate of drug-likeness (QED) is 0.727. The van der Waals surface area contributed by atoms with Gasteiger partial charge < -0.3 is 10.6 Å². The van der Waals surface area contributed by atoms with Crippen molar-refractivity contribution in [1.82, 2.24) is 24.9 Å². The number of carbonyl (C=O) groups excluding carboxylic acids is 1. The molecule has 1 fully saturated rings. The highest BCUT2D eigenvalue weighted by molar-refractivity contribution is 5.99. The van der Waals surface area contributed by atoms with Crippen molar-refractivity contribution < 1.29 is 4.79 Å². The molecule has 4 rings (SSSR count). The van der Waals surface area contributed by atoms with Crippen molar-refractivity contribution >= 4 is 17.4 Å². The lowest BCUT2D eigenvalue weighted by Crippen LogP contribution is -2.38. The zero-order chi connectivity index (χ0) is 18.6. The lowest BCUT2D eigenvalue weighted by atomic mass is 9.87. The highest BCUT2D eigenvalue weighted by Gasteiger charge is 2.23. The first-order chi connectivity index (χ1) is 13.2. The minimum absolute atomic E-state index is 0.0963. The first-order valence-electron chi connectivity index (χ1n) is 9.47. The first kappa shape index (κ1) is 17.5. The van der Waals surface area contributed by atoms with Crippen LogP contribution in [0.4, 0.5) is 5.82 Å². The molecule has 3 aromatic rings. The van der Waals surface area contributed by atoms with Crippen LogP contribution in [0.5, 0.6) is 0 Å². The minimum atomic E-state index is -0.0963. The largest absolute Gasteiger partial charge is 0.366 e. The molecule has 27 heavy (non-hydrogen) atoms. The van der Waals surface area contributed by atoms with Crippen LogP contribution >= 0.6 is 0 Å². The first-order valence-corrected chi connectivity index (χ1v) is 9.47. The number of rotatable bonds is 5. The van der Waals surface area contributed by atoms with Gasteiger partial charge in [-0.2, -0.15) is 5.10 Å². The van der Waals surface area contributed by atoms with E-state index in [-0.39, 0.29) is 11.9 Å². The number of fused-ring (bicyclic) bond motifs is 1. The summed E-state index contributed by atoms with van der Waals surface area (Å²) < 4.78 is 1.63. The number of amides is 1. The third-order valence-corrected chi connectivity index (χ3v) is 5.08. The molecule has 1 unspecified atom stereocenters. The van der Waals surface area contributed by atoms with Crippen molar-refractivity contribution in [2.75, 3.05) is 5.32 Å². The summed E-state index contributed by atoms with van der Waals surface area (Å²) in [4.78, 5) is 21.4. The van der Waals surface area contributed by atoms with E-state index in [4.69, 9.17) is 0 Å². The molecule has 7 nitrogen and oxygen atoms in total. The van der Waals surface area contributed by atoms with Gasteiger partial charge in [0, 0.05) is 31.2 Å². The zero-order valence-electron chi connectivity index (χ0n) is 15.4. The number of hydrogen-bond acceptors (Lipinski definition) is 5. The zero-order valence-corrected chi connectivity index (χ0v) is 15.4. The fourth-order valence-electron chi connectivity index (χ4n) is 3.65. The van der Waals surface area contributed by atoms with Crippen LogP contribution in [0, 0.1) is 5.92 Å². The highest BCUT2D eigenvalue weighted by atomic mass is 16.1. The number of anilines is 1. The van der Waals surface area contributed by atoms with Crippen LogP contribution < -0.4 is 10.6 Å². The maximum atomic E-state index is 12.8.